The standard InChI is InChI=1S/C19H21NO4/c1-14(15-8-4-3-5-9-15)12-20-18(21)13-24-19(22)16-10-6-7-11-17(16)23-2/h3-11,14H,12-13H2,1-2H3,(H,20,21). The summed E-state index contributed by atoms with van der Waals surface area (Å²) in [5.74, 6) is -0.319. The molecule has 2 aromatic carbocycles. The van der Waals surface area contributed by atoms with Gasteiger partial charge in [0.15, 0.2) is 6.61 Å². The van der Waals surface area contributed by atoms with E-state index in [-0.39, 0.29) is 18.4 Å². The molecule has 0 spiro atoms. The maximum absolute atomic E-state index is 12.0. The van der Waals surface area contributed by atoms with Crippen LogP contribution in [-0.2, 0) is 9.53 Å². The van der Waals surface area contributed by atoms with E-state index in [1.54, 1.807) is 24.3 Å². The van der Waals surface area contributed by atoms with E-state index in [0.717, 1.165) is 5.56 Å². The van der Waals surface area contributed by atoms with Crippen molar-refractivity contribution in [1.29, 1.82) is 0 Å². The molecule has 0 saturated heterocycles. The summed E-state index contributed by atoms with van der Waals surface area (Å²) in [6, 6.07) is 16.6. The SMILES string of the molecule is COc1ccccc1C(=O)OCC(=O)NCC(C)c1ccccc1. The van der Waals surface area contributed by atoms with E-state index >= 15 is 0 Å². The van der Waals surface area contributed by atoms with Crippen LogP contribution in [0.3, 0.4) is 0 Å². The van der Waals surface area contributed by atoms with Gasteiger partial charge < -0.3 is 14.8 Å². The first-order valence-electron chi connectivity index (χ1n) is 7.73. The predicted octanol–water partition coefficient (Wildman–Crippen LogP) is 2.77. The van der Waals surface area contributed by atoms with Crippen LogP contribution in [0.1, 0.15) is 28.8 Å². The molecule has 0 heterocycles. The zero-order valence-corrected chi connectivity index (χ0v) is 13.8. The maximum Gasteiger partial charge on any atom is 0.342 e. The van der Waals surface area contributed by atoms with Crippen molar-refractivity contribution >= 4 is 11.9 Å². The zero-order chi connectivity index (χ0) is 17.4. The Morgan fingerprint density at radius 3 is 2.42 bits per heavy atom. The van der Waals surface area contributed by atoms with Crippen LogP contribution in [0.2, 0.25) is 0 Å². The van der Waals surface area contributed by atoms with Gasteiger partial charge in [0.2, 0.25) is 0 Å². The number of hydrogen-bond acceptors (Lipinski definition) is 4. The van der Waals surface area contributed by atoms with E-state index in [0.29, 0.717) is 17.9 Å². The second-order valence-electron chi connectivity index (χ2n) is 5.39. The fraction of sp³-hybridized carbons (Fsp3) is 0.263. The van der Waals surface area contributed by atoms with Gasteiger partial charge in [0.1, 0.15) is 11.3 Å². The molecule has 5 nitrogen and oxygen atoms in total. The van der Waals surface area contributed by atoms with E-state index in [4.69, 9.17) is 9.47 Å². The monoisotopic (exact) mass is 327 g/mol. The number of benzene rings is 2. The molecule has 0 fully saturated rings. The average molecular weight is 327 g/mol. The summed E-state index contributed by atoms with van der Waals surface area (Å²) >= 11 is 0. The van der Waals surface area contributed by atoms with Crippen molar-refractivity contribution < 1.29 is 19.1 Å². The van der Waals surface area contributed by atoms with Crippen molar-refractivity contribution in [3.8, 4) is 5.75 Å². The van der Waals surface area contributed by atoms with Crippen molar-refractivity contribution in [2.24, 2.45) is 0 Å². The third-order valence-corrected chi connectivity index (χ3v) is 3.64. The predicted molar refractivity (Wildman–Crippen MR) is 91.1 cm³/mol. The first-order valence-corrected chi connectivity index (χ1v) is 7.73. The lowest BCUT2D eigenvalue weighted by atomic mass is 10.0. The van der Waals surface area contributed by atoms with E-state index in [9.17, 15) is 9.59 Å². The smallest absolute Gasteiger partial charge is 0.342 e. The molecule has 5 heteroatoms. The highest BCUT2D eigenvalue weighted by atomic mass is 16.5. The summed E-state index contributed by atoms with van der Waals surface area (Å²) in [6.07, 6.45) is 0. The van der Waals surface area contributed by atoms with Gasteiger partial charge >= 0.3 is 5.97 Å². The van der Waals surface area contributed by atoms with Crippen LogP contribution >= 0.6 is 0 Å². The van der Waals surface area contributed by atoms with E-state index in [1.165, 1.54) is 7.11 Å². The molecular formula is C19H21NO4. The molecule has 1 unspecified atom stereocenters. The third kappa shape index (κ3) is 4.84. The number of methoxy groups -OCH3 is 1. The molecule has 2 rings (SSSR count). The van der Waals surface area contributed by atoms with Gasteiger partial charge in [-0.2, -0.15) is 0 Å². The Balaban J connectivity index is 1.80. The lowest BCUT2D eigenvalue weighted by molar-refractivity contribution is -0.124. The Hall–Kier alpha value is -2.82. The van der Waals surface area contributed by atoms with Crippen LogP contribution in [0.5, 0.6) is 5.75 Å². The van der Waals surface area contributed by atoms with Gasteiger partial charge in [0.25, 0.3) is 5.91 Å². The molecule has 126 valence electrons. The van der Waals surface area contributed by atoms with Crippen molar-refractivity contribution in [2.45, 2.75) is 12.8 Å². The van der Waals surface area contributed by atoms with Gasteiger partial charge in [-0.3, -0.25) is 4.79 Å². The number of ether oxygens (including phenoxy) is 2. The summed E-state index contributed by atoms with van der Waals surface area (Å²) in [6.45, 7) is 2.18. The van der Waals surface area contributed by atoms with Gasteiger partial charge in [-0.25, -0.2) is 4.79 Å². The van der Waals surface area contributed by atoms with Crippen molar-refractivity contribution in [1.82, 2.24) is 5.32 Å². The van der Waals surface area contributed by atoms with Gasteiger partial charge in [-0.15, -0.1) is 0 Å². The third-order valence-electron chi connectivity index (χ3n) is 3.64. The summed E-state index contributed by atoms with van der Waals surface area (Å²) in [5, 5.41) is 2.77. The quantitative estimate of drug-likeness (QED) is 0.794. The first kappa shape index (κ1) is 17.5. The minimum Gasteiger partial charge on any atom is -0.496 e. The Kier molecular flexibility index (Phi) is 6.37. The molecular weight excluding hydrogens is 306 g/mol. The van der Waals surface area contributed by atoms with Gasteiger partial charge in [0, 0.05) is 6.54 Å². The molecule has 1 amide bonds. The zero-order valence-electron chi connectivity index (χ0n) is 13.8. The second-order valence-corrected chi connectivity index (χ2v) is 5.39. The van der Waals surface area contributed by atoms with Crippen LogP contribution in [0.15, 0.2) is 54.6 Å². The summed E-state index contributed by atoms with van der Waals surface area (Å²) in [5.41, 5.74) is 1.44. The molecule has 0 saturated carbocycles. The number of para-hydroxylation sites is 1. The Labute approximate surface area is 141 Å². The molecule has 0 aliphatic rings. The molecule has 1 N–H and O–H groups in total. The largest absolute Gasteiger partial charge is 0.496 e. The van der Waals surface area contributed by atoms with Crippen molar-refractivity contribution in [3.63, 3.8) is 0 Å². The number of rotatable bonds is 7. The van der Waals surface area contributed by atoms with Crippen LogP contribution in [0.25, 0.3) is 0 Å². The van der Waals surface area contributed by atoms with Gasteiger partial charge in [0.05, 0.1) is 7.11 Å². The molecule has 0 aliphatic heterocycles. The van der Waals surface area contributed by atoms with Crippen LogP contribution < -0.4 is 10.1 Å². The molecule has 24 heavy (non-hydrogen) atoms. The van der Waals surface area contributed by atoms with Crippen LogP contribution in [0.4, 0.5) is 0 Å². The number of nitrogens with one attached hydrogen (secondary N) is 1. The number of amides is 1. The maximum atomic E-state index is 12.0. The highest BCUT2D eigenvalue weighted by molar-refractivity contribution is 5.93. The summed E-state index contributed by atoms with van der Waals surface area (Å²) in [7, 11) is 1.48. The molecule has 2 aromatic rings. The van der Waals surface area contributed by atoms with Crippen molar-refractivity contribution in [2.75, 3.05) is 20.3 Å². The van der Waals surface area contributed by atoms with Crippen LogP contribution in [0, 0.1) is 0 Å². The topological polar surface area (TPSA) is 64.6 Å². The Morgan fingerprint density at radius 2 is 1.71 bits per heavy atom. The molecule has 0 bridgehead atoms. The Bertz CT molecular complexity index is 685. The lowest BCUT2D eigenvalue weighted by Crippen LogP contribution is -2.31. The fourth-order valence-electron chi connectivity index (χ4n) is 2.24. The number of esters is 1. The second kappa shape index (κ2) is 8.72. The molecule has 0 aliphatic carbocycles. The number of hydrogen-bond donors (Lipinski definition) is 1. The van der Waals surface area contributed by atoms with Gasteiger partial charge in [-0.1, -0.05) is 49.4 Å². The average Bonchev–Trinajstić information content (AvgIpc) is 2.64. The minimum absolute atomic E-state index is 0.181. The van der Waals surface area contributed by atoms with E-state index < -0.39 is 5.97 Å². The van der Waals surface area contributed by atoms with Crippen LogP contribution in [-0.4, -0.2) is 32.1 Å². The lowest BCUT2D eigenvalue weighted by Gasteiger charge is -2.13. The van der Waals surface area contributed by atoms with Gasteiger partial charge in [-0.05, 0) is 23.6 Å². The number of carbonyl (C=O) groups excluding carboxylic acids is 2. The molecule has 0 aromatic heterocycles. The number of carbonyl (C=O) groups is 2. The highest BCUT2D eigenvalue weighted by Crippen LogP contribution is 2.18. The normalized spacial score (nSPS) is 11.4. The first-order chi connectivity index (χ1) is 11.6. The molecule has 1 atom stereocenters. The summed E-state index contributed by atoms with van der Waals surface area (Å²) < 4.78 is 10.1. The highest BCUT2D eigenvalue weighted by Gasteiger charge is 2.15. The minimum atomic E-state index is -0.585. The Morgan fingerprint density at radius 1 is 1.04 bits per heavy atom. The van der Waals surface area contributed by atoms with E-state index in [1.807, 2.05) is 37.3 Å². The molecule has 0 radical (unpaired) electrons. The summed E-state index contributed by atoms with van der Waals surface area (Å²) in [4.78, 5) is 23.9. The van der Waals surface area contributed by atoms with E-state index in [2.05, 4.69) is 5.32 Å². The van der Waals surface area contributed by atoms with Crippen molar-refractivity contribution in [3.05, 3.63) is 65.7 Å². The fourth-order valence-corrected chi connectivity index (χ4v) is 2.24.